The second kappa shape index (κ2) is 11.6. The number of Topliss-reactive ketones (excluding diaryl/α,β-unsaturated/α-hetero) is 2. The Bertz CT molecular complexity index is 1450. The molecule has 0 amide bonds. The van der Waals surface area contributed by atoms with Crippen LogP contribution in [0.15, 0.2) is 35.6 Å². The highest BCUT2D eigenvalue weighted by molar-refractivity contribution is 6.02. The topological polar surface area (TPSA) is 211 Å². The molecule has 4 aliphatic carbocycles. The van der Waals surface area contributed by atoms with Crippen LogP contribution in [0.2, 0.25) is 0 Å². The van der Waals surface area contributed by atoms with Crippen molar-refractivity contribution in [2.45, 2.75) is 123 Å². The first kappa shape index (κ1) is 37.0. The standard InChI is InChI=1S/C36H52O12/c1-31(2,45)12-11-23(39)36(8,46)28-19(38)14-33(5)22-10-9-17-18(35(22,7)24(40)15-34(28,33)6)13-20(29(44)32(17,3)4)47-30-27(43)26(42)25(41)21(16-37)48-30/h9,11-13,18-19,21-22,25-28,30,37-38,41-43,45-46H,10,14-16H2,1-8H3/b12-11+. The summed E-state index contributed by atoms with van der Waals surface area (Å²) in [5, 5.41) is 74.4. The summed E-state index contributed by atoms with van der Waals surface area (Å²) in [5.74, 6) is -3.51. The summed E-state index contributed by atoms with van der Waals surface area (Å²) >= 11 is 0. The van der Waals surface area contributed by atoms with Gasteiger partial charge in [-0.25, -0.2) is 0 Å². The minimum atomic E-state index is -2.05. The second-order valence-electron chi connectivity index (χ2n) is 16.7. The molecule has 0 aromatic heterocycles. The lowest BCUT2D eigenvalue weighted by atomic mass is 9.39. The highest BCUT2D eigenvalue weighted by Gasteiger charge is 2.74. The van der Waals surface area contributed by atoms with E-state index in [4.69, 9.17) is 9.47 Å². The van der Waals surface area contributed by atoms with Gasteiger partial charge in [-0.2, -0.15) is 0 Å². The van der Waals surface area contributed by atoms with Crippen LogP contribution < -0.4 is 0 Å². The Kier molecular flexibility index (Phi) is 8.96. The third kappa shape index (κ3) is 5.21. The van der Waals surface area contributed by atoms with Gasteiger partial charge < -0.3 is 45.2 Å². The van der Waals surface area contributed by atoms with E-state index in [-0.39, 0.29) is 24.4 Å². The minimum absolute atomic E-state index is 0.0637. The Labute approximate surface area is 281 Å². The summed E-state index contributed by atoms with van der Waals surface area (Å²) in [5.41, 5.74) is -6.65. The van der Waals surface area contributed by atoms with Gasteiger partial charge in [0.2, 0.25) is 12.1 Å². The lowest BCUT2D eigenvalue weighted by Crippen LogP contribution is -2.64. The molecule has 0 aromatic carbocycles. The minimum Gasteiger partial charge on any atom is -0.459 e. The van der Waals surface area contributed by atoms with Crippen LogP contribution in [-0.2, 0) is 23.9 Å². The number of aliphatic hydroxyl groups is 7. The van der Waals surface area contributed by atoms with E-state index < -0.39 is 106 Å². The third-order valence-corrected chi connectivity index (χ3v) is 12.9. The first-order valence-electron chi connectivity index (χ1n) is 16.7. The fourth-order valence-corrected chi connectivity index (χ4v) is 9.94. The molecule has 3 fully saturated rings. The quantitative estimate of drug-likeness (QED) is 0.148. The molecule has 7 N–H and O–H groups in total. The zero-order chi connectivity index (χ0) is 36.2. The first-order chi connectivity index (χ1) is 21.9. The average molecular weight is 677 g/mol. The summed E-state index contributed by atoms with van der Waals surface area (Å²) in [6.45, 7) is 12.8. The molecule has 5 aliphatic rings. The van der Waals surface area contributed by atoms with Crippen molar-refractivity contribution in [1.82, 2.24) is 0 Å². The predicted molar refractivity (Wildman–Crippen MR) is 171 cm³/mol. The van der Waals surface area contributed by atoms with Crippen LogP contribution in [0.5, 0.6) is 0 Å². The van der Waals surface area contributed by atoms with E-state index in [1.165, 1.54) is 26.8 Å². The van der Waals surface area contributed by atoms with E-state index in [9.17, 15) is 50.1 Å². The molecule has 2 saturated carbocycles. The molecule has 12 nitrogen and oxygen atoms in total. The van der Waals surface area contributed by atoms with Gasteiger partial charge in [-0.1, -0.05) is 38.5 Å². The maximum absolute atomic E-state index is 14.7. The maximum Gasteiger partial charge on any atom is 0.229 e. The maximum atomic E-state index is 14.7. The Morgan fingerprint density at radius 2 is 1.62 bits per heavy atom. The van der Waals surface area contributed by atoms with E-state index in [2.05, 4.69) is 0 Å². The number of ketones is 3. The number of carbonyl (C=O) groups excluding carboxylic acids is 3. The van der Waals surface area contributed by atoms with E-state index in [0.717, 1.165) is 11.6 Å². The SMILES string of the molecule is CC(C)(O)/C=C/C(=O)C(C)(O)C1C(O)CC2(C)C3CC=C4C(C=C(OC5OC(CO)C(O)C(O)C5O)C(=O)C4(C)C)C3(C)C(=O)CC12C. The van der Waals surface area contributed by atoms with E-state index >= 15 is 0 Å². The van der Waals surface area contributed by atoms with Gasteiger partial charge in [0.05, 0.1) is 23.7 Å². The molecular formula is C36H52O12. The fraction of sp³-hybridized carbons (Fsp3) is 0.750. The molecular weight excluding hydrogens is 624 g/mol. The van der Waals surface area contributed by atoms with Crippen LogP contribution in [-0.4, -0.2) is 108 Å². The average Bonchev–Trinajstić information content (AvgIpc) is 3.19. The van der Waals surface area contributed by atoms with Crippen molar-refractivity contribution in [2.75, 3.05) is 6.61 Å². The largest absolute Gasteiger partial charge is 0.459 e. The molecule has 1 aliphatic heterocycles. The summed E-state index contributed by atoms with van der Waals surface area (Å²) in [6.07, 6.45) is -2.56. The Hall–Kier alpha value is -2.29. The van der Waals surface area contributed by atoms with Crippen molar-refractivity contribution in [3.8, 4) is 0 Å². The summed E-state index contributed by atoms with van der Waals surface area (Å²) < 4.78 is 11.5. The van der Waals surface area contributed by atoms with Gasteiger partial charge in [0.1, 0.15) is 35.8 Å². The molecule has 0 spiro atoms. The molecule has 13 unspecified atom stereocenters. The molecule has 13 atom stereocenters. The zero-order valence-corrected chi connectivity index (χ0v) is 29.0. The summed E-state index contributed by atoms with van der Waals surface area (Å²) in [6, 6.07) is 0. The van der Waals surface area contributed by atoms with E-state index in [0.29, 0.717) is 6.42 Å². The van der Waals surface area contributed by atoms with Gasteiger partial charge in [-0.3, -0.25) is 14.4 Å². The first-order valence-corrected chi connectivity index (χ1v) is 16.7. The number of carbonyl (C=O) groups is 3. The summed E-state index contributed by atoms with van der Waals surface area (Å²) in [4.78, 5) is 41.9. The van der Waals surface area contributed by atoms with E-state index in [1.54, 1.807) is 19.9 Å². The number of fused-ring (bicyclic) bond motifs is 5. The Morgan fingerprint density at radius 3 is 2.21 bits per heavy atom. The van der Waals surface area contributed by atoms with Crippen LogP contribution in [0.3, 0.4) is 0 Å². The smallest absolute Gasteiger partial charge is 0.229 e. The normalized spacial score (nSPS) is 45.4. The van der Waals surface area contributed by atoms with Gasteiger partial charge in [0.15, 0.2) is 11.5 Å². The van der Waals surface area contributed by atoms with Crippen LogP contribution in [0.25, 0.3) is 0 Å². The Balaban J connectivity index is 1.55. The molecule has 1 saturated heterocycles. The monoisotopic (exact) mass is 676 g/mol. The molecule has 12 heteroatoms. The lowest BCUT2D eigenvalue weighted by Gasteiger charge is -2.63. The Morgan fingerprint density at radius 1 is 1.00 bits per heavy atom. The van der Waals surface area contributed by atoms with Crippen LogP contribution in [0.4, 0.5) is 0 Å². The second-order valence-corrected chi connectivity index (χ2v) is 16.7. The number of allylic oxidation sites excluding steroid dienone is 4. The van der Waals surface area contributed by atoms with Crippen LogP contribution in [0, 0.1) is 39.4 Å². The molecule has 48 heavy (non-hydrogen) atoms. The molecule has 1 heterocycles. The third-order valence-electron chi connectivity index (χ3n) is 12.9. The molecule has 5 rings (SSSR count). The van der Waals surface area contributed by atoms with Gasteiger partial charge in [0, 0.05) is 23.7 Å². The lowest BCUT2D eigenvalue weighted by molar-refractivity contribution is -0.291. The van der Waals surface area contributed by atoms with Crippen molar-refractivity contribution in [3.63, 3.8) is 0 Å². The van der Waals surface area contributed by atoms with Gasteiger partial charge in [0.25, 0.3) is 0 Å². The zero-order valence-electron chi connectivity index (χ0n) is 29.0. The highest BCUT2D eigenvalue weighted by Crippen LogP contribution is 2.73. The van der Waals surface area contributed by atoms with Crippen molar-refractivity contribution in [3.05, 3.63) is 35.6 Å². The highest BCUT2D eigenvalue weighted by atomic mass is 16.7. The molecule has 0 aromatic rings. The predicted octanol–water partition coefficient (Wildman–Crippen LogP) is 0.878. The van der Waals surface area contributed by atoms with Crippen molar-refractivity contribution >= 4 is 17.3 Å². The number of aliphatic hydroxyl groups excluding tert-OH is 5. The van der Waals surface area contributed by atoms with Gasteiger partial charge >= 0.3 is 0 Å². The number of ether oxygens (including phenoxy) is 2. The van der Waals surface area contributed by atoms with Crippen LogP contribution >= 0.6 is 0 Å². The van der Waals surface area contributed by atoms with Crippen molar-refractivity contribution in [2.24, 2.45) is 39.4 Å². The van der Waals surface area contributed by atoms with Crippen molar-refractivity contribution < 1.29 is 59.6 Å². The fourth-order valence-electron chi connectivity index (χ4n) is 9.94. The van der Waals surface area contributed by atoms with E-state index in [1.807, 2.05) is 26.8 Å². The molecule has 0 bridgehead atoms. The summed E-state index contributed by atoms with van der Waals surface area (Å²) in [7, 11) is 0. The number of hydrogen-bond donors (Lipinski definition) is 7. The molecule has 0 radical (unpaired) electrons. The van der Waals surface area contributed by atoms with Gasteiger partial charge in [-0.15, -0.1) is 0 Å². The molecule has 268 valence electrons. The van der Waals surface area contributed by atoms with Crippen LogP contribution in [0.1, 0.15) is 74.7 Å². The van der Waals surface area contributed by atoms with Crippen molar-refractivity contribution in [1.29, 1.82) is 0 Å². The van der Waals surface area contributed by atoms with Gasteiger partial charge in [-0.05, 0) is 76.4 Å². The number of hydrogen-bond acceptors (Lipinski definition) is 12. The number of rotatable bonds is 7.